The third-order valence-electron chi connectivity index (χ3n) is 4.24. The van der Waals surface area contributed by atoms with E-state index in [1.54, 1.807) is 4.80 Å². The number of tetrazole rings is 1. The number of nitrogens with two attached hydrogens (primary N) is 1. The molecule has 5 nitrogen and oxygen atoms in total. The van der Waals surface area contributed by atoms with Gasteiger partial charge in [-0.2, -0.15) is 4.80 Å². The van der Waals surface area contributed by atoms with Crippen molar-refractivity contribution in [2.24, 2.45) is 30.5 Å². The Labute approximate surface area is 109 Å². The van der Waals surface area contributed by atoms with Gasteiger partial charge in [-0.3, -0.25) is 0 Å². The zero-order chi connectivity index (χ0) is 13.0. The zero-order valence-electron chi connectivity index (χ0n) is 11.5. The van der Waals surface area contributed by atoms with E-state index in [-0.39, 0.29) is 0 Å². The Morgan fingerprint density at radius 3 is 2.78 bits per heavy atom. The van der Waals surface area contributed by atoms with Crippen molar-refractivity contribution in [2.45, 2.75) is 45.4 Å². The summed E-state index contributed by atoms with van der Waals surface area (Å²) in [6, 6.07) is 0. The normalized spacial score (nSPS) is 28.5. The van der Waals surface area contributed by atoms with Crippen molar-refractivity contribution in [3.63, 3.8) is 0 Å². The minimum absolute atomic E-state index is 0.641. The molecule has 0 amide bonds. The van der Waals surface area contributed by atoms with E-state index in [2.05, 4.69) is 22.3 Å². The summed E-state index contributed by atoms with van der Waals surface area (Å²) >= 11 is 0. The minimum Gasteiger partial charge on any atom is -0.330 e. The van der Waals surface area contributed by atoms with Gasteiger partial charge in [-0.15, -0.1) is 10.2 Å². The molecule has 1 aliphatic rings. The number of rotatable bonds is 5. The lowest BCUT2D eigenvalue weighted by Gasteiger charge is -2.35. The first-order valence-corrected chi connectivity index (χ1v) is 7.15. The fraction of sp³-hybridized carbons (Fsp3) is 0.923. The molecule has 0 radical (unpaired) electrons. The van der Waals surface area contributed by atoms with Gasteiger partial charge in [-0.1, -0.05) is 26.2 Å². The van der Waals surface area contributed by atoms with E-state index >= 15 is 0 Å². The summed E-state index contributed by atoms with van der Waals surface area (Å²) in [7, 11) is 1.82. The molecule has 3 atom stereocenters. The first kappa shape index (κ1) is 13.5. The molecule has 0 aliphatic heterocycles. The summed E-state index contributed by atoms with van der Waals surface area (Å²) in [4.78, 5) is 1.54. The SMILES string of the molecule is CCCC1CCC(CN)C(Cc2nnn(C)n2)C1. The van der Waals surface area contributed by atoms with Crippen LogP contribution in [0.2, 0.25) is 0 Å². The minimum atomic E-state index is 0.641. The lowest BCUT2D eigenvalue weighted by Crippen LogP contribution is -2.32. The first-order chi connectivity index (χ1) is 8.72. The highest BCUT2D eigenvalue weighted by molar-refractivity contribution is 4.88. The summed E-state index contributed by atoms with van der Waals surface area (Å²) in [6.07, 6.45) is 7.48. The molecule has 1 aromatic rings. The molecule has 1 fully saturated rings. The van der Waals surface area contributed by atoms with Gasteiger partial charge in [-0.25, -0.2) is 0 Å². The molecule has 2 rings (SSSR count). The van der Waals surface area contributed by atoms with E-state index in [0.29, 0.717) is 11.8 Å². The Morgan fingerprint density at radius 1 is 1.33 bits per heavy atom. The largest absolute Gasteiger partial charge is 0.330 e. The predicted molar refractivity (Wildman–Crippen MR) is 70.8 cm³/mol. The molecule has 1 aliphatic carbocycles. The number of hydrogen-bond donors (Lipinski definition) is 1. The zero-order valence-corrected chi connectivity index (χ0v) is 11.5. The van der Waals surface area contributed by atoms with E-state index in [4.69, 9.17) is 5.73 Å². The predicted octanol–water partition coefficient (Wildman–Crippen LogP) is 1.54. The van der Waals surface area contributed by atoms with Crippen LogP contribution in [0.15, 0.2) is 0 Å². The molecule has 1 saturated carbocycles. The first-order valence-electron chi connectivity index (χ1n) is 7.15. The van der Waals surface area contributed by atoms with Crippen LogP contribution in [-0.2, 0) is 13.5 Å². The fourth-order valence-corrected chi connectivity index (χ4v) is 3.29. The monoisotopic (exact) mass is 251 g/mol. The van der Waals surface area contributed by atoms with Crippen LogP contribution in [-0.4, -0.2) is 26.8 Å². The van der Waals surface area contributed by atoms with Crippen LogP contribution in [0.25, 0.3) is 0 Å². The highest BCUT2D eigenvalue weighted by Gasteiger charge is 2.30. The Balaban J connectivity index is 1.97. The van der Waals surface area contributed by atoms with Gasteiger partial charge >= 0.3 is 0 Å². The van der Waals surface area contributed by atoms with Crippen molar-refractivity contribution < 1.29 is 0 Å². The van der Waals surface area contributed by atoms with Crippen molar-refractivity contribution in [3.8, 4) is 0 Å². The van der Waals surface area contributed by atoms with E-state index in [1.165, 1.54) is 32.1 Å². The van der Waals surface area contributed by atoms with E-state index < -0.39 is 0 Å². The summed E-state index contributed by atoms with van der Waals surface area (Å²) in [5, 5.41) is 12.3. The number of aromatic nitrogens is 4. The summed E-state index contributed by atoms with van der Waals surface area (Å²) in [5.41, 5.74) is 5.91. The summed E-state index contributed by atoms with van der Waals surface area (Å²) in [6.45, 7) is 3.07. The second-order valence-electron chi connectivity index (χ2n) is 5.62. The highest BCUT2D eigenvalue weighted by atomic mass is 15.6. The number of hydrogen-bond acceptors (Lipinski definition) is 4. The molecule has 3 unspecified atom stereocenters. The quantitative estimate of drug-likeness (QED) is 0.862. The smallest absolute Gasteiger partial charge is 0.175 e. The van der Waals surface area contributed by atoms with E-state index in [9.17, 15) is 0 Å². The van der Waals surface area contributed by atoms with Crippen molar-refractivity contribution >= 4 is 0 Å². The molecule has 18 heavy (non-hydrogen) atoms. The van der Waals surface area contributed by atoms with Gasteiger partial charge in [-0.05, 0) is 42.4 Å². The van der Waals surface area contributed by atoms with Gasteiger partial charge in [0, 0.05) is 6.42 Å². The van der Waals surface area contributed by atoms with Crippen molar-refractivity contribution in [1.82, 2.24) is 20.2 Å². The third kappa shape index (κ3) is 3.28. The Bertz CT molecular complexity index is 362. The molecule has 1 aromatic heterocycles. The highest BCUT2D eigenvalue weighted by Crippen LogP contribution is 2.37. The Morgan fingerprint density at radius 2 is 2.17 bits per heavy atom. The van der Waals surface area contributed by atoms with Gasteiger partial charge in [0.15, 0.2) is 5.82 Å². The van der Waals surface area contributed by atoms with Crippen LogP contribution in [0.5, 0.6) is 0 Å². The van der Waals surface area contributed by atoms with Gasteiger partial charge in [0.25, 0.3) is 0 Å². The molecule has 0 bridgehead atoms. The van der Waals surface area contributed by atoms with Gasteiger partial charge in [0.05, 0.1) is 7.05 Å². The maximum atomic E-state index is 5.91. The molecule has 0 saturated heterocycles. The van der Waals surface area contributed by atoms with Crippen molar-refractivity contribution in [3.05, 3.63) is 5.82 Å². The van der Waals surface area contributed by atoms with Crippen molar-refractivity contribution in [1.29, 1.82) is 0 Å². The molecule has 1 heterocycles. The van der Waals surface area contributed by atoms with Crippen LogP contribution < -0.4 is 5.73 Å². The van der Waals surface area contributed by atoms with E-state index in [0.717, 1.165) is 24.7 Å². The maximum Gasteiger partial charge on any atom is 0.175 e. The molecule has 102 valence electrons. The summed E-state index contributed by atoms with van der Waals surface area (Å²) in [5.74, 6) is 3.03. The van der Waals surface area contributed by atoms with Crippen LogP contribution in [0.4, 0.5) is 0 Å². The second kappa shape index (κ2) is 6.27. The van der Waals surface area contributed by atoms with Crippen LogP contribution >= 0.6 is 0 Å². The molecular weight excluding hydrogens is 226 g/mol. The fourth-order valence-electron chi connectivity index (χ4n) is 3.29. The Kier molecular flexibility index (Phi) is 4.69. The number of nitrogens with zero attached hydrogens (tertiary/aromatic N) is 4. The molecule has 5 heteroatoms. The van der Waals surface area contributed by atoms with E-state index in [1.807, 2.05) is 7.05 Å². The lowest BCUT2D eigenvalue weighted by atomic mass is 9.71. The lowest BCUT2D eigenvalue weighted by molar-refractivity contribution is 0.173. The van der Waals surface area contributed by atoms with Crippen LogP contribution in [0, 0.1) is 17.8 Å². The topological polar surface area (TPSA) is 69.6 Å². The van der Waals surface area contributed by atoms with Gasteiger partial charge < -0.3 is 5.73 Å². The van der Waals surface area contributed by atoms with Gasteiger partial charge in [0.1, 0.15) is 0 Å². The Hall–Kier alpha value is -0.970. The van der Waals surface area contributed by atoms with Crippen LogP contribution in [0.1, 0.15) is 44.9 Å². The summed E-state index contributed by atoms with van der Waals surface area (Å²) < 4.78 is 0. The van der Waals surface area contributed by atoms with Gasteiger partial charge in [0.2, 0.25) is 0 Å². The average Bonchev–Trinajstić information content (AvgIpc) is 2.76. The maximum absolute atomic E-state index is 5.91. The third-order valence-corrected chi connectivity index (χ3v) is 4.24. The average molecular weight is 251 g/mol. The molecular formula is C13H25N5. The molecule has 2 N–H and O–H groups in total. The second-order valence-corrected chi connectivity index (χ2v) is 5.62. The molecule has 0 spiro atoms. The standard InChI is InChI=1S/C13H25N5/c1-3-4-10-5-6-11(9-14)12(7-10)8-13-15-17-18(2)16-13/h10-12H,3-9,14H2,1-2H3. The molecule has 0 aromatic carbocycles. The van der Waals surface area contributed by atoms with Crippen LogP contribution in [0.3, 0.4) is 0 Å². The number of aryl methyl sites for hydroxylation is 1. The van der Waals surface area contributed by atoms with Crippen molar-refractivity contribution in [2.75, 3.05) is 6.54 Å².